The predicted octanol–water partition coefficient (Wildman–Crippen LogP) is 5.88. The number of carbonyl (C=O) groups is 1. The van der Waals surface area contributed by atoms with Crippen molar-refractivity contribution in [2.45, 2.75) is 82.7 Å². The van der Waals surface area contributed by atoms with Gasteiger partial charge in [0.1, 0.15) is 12.5 Å². The van der Waals surface area contributed by atoms with Crippen LogP contribution >= 0.6 is 0 Å². The van der Waals surface area contributed by atoms with E-state index in [4.69, 9.17) is 19.4 Å². The van der Waals surface area contributed by atoms with Gasteiger partial charge in [-0.05, 0) is 75.0 Å². The van der Waals surface area contributed by atoms with Gasteiger partial charge in [0.2, 0.25) is 5.91 Å². The molecular formula is C37H49F3N8O3Si. The second kappa shape index (κ2) is 15.5. The molecule has 0 radical (unpaired) electrons. The zero-order valence-corrected chi connectivity index (χ0v) is 31.6. The van der Waals surface area contributed by atoms with E-state index in [-0.39, 0.29) is 43.1 Å². The number of aromatic nitrogens is 4. The lowest BCUT2D eigenvalue weighted by Crippen LogP contribution is -2.55. The van der Waals surface area contributed by atoms with Crippen molar-refractivity contribution >= 4 is 30.7 Å². The van der Waals surface area contributed by atoms with E-state index in [0.717, 1.165) is 31.1 Å². The number of benzene rings is 1. The van der Waals surface area contributed by atoms with Gasteiger partial charge in [0.15, 0.2) is 0 Å². The van der Waals surface area contributed by atoms with Crippen molar-refractivity contribution in [1.29, 1.82) is 5.26 Å². The van der Waals surface area contributed by atoms with E-state index in [2.05, 4.69) is 54.2 Å². The Morgan fingerprint density at radius 1 is 1.15 bits per heavy atom. The van der Waals surface area contributed by atoms with Crippen LogP contribution in [0.25, 0.3) is 10.9 Å². The van der Waals surface area contributed by atoms with E-state index < -0.39 is 25.7 Å². The quantitative estimate of drug-likeness (QED) is 0.128. The third-order valence-corrected chi connectivity index (χ3v) is 12.2. The minimum Gasteiger partial charge on any atom is -0.463 e. The first-order chi connectivity index (χ1) is 24.8. The summed E-state index contributed by atoms with van der Waals surface area (Å²) in [7, 11) is 0.763. The number of nitriles is 1. The topological polar surface area (TPSA) is 113 Å². The first-order valence-corrected chi connectivity index (χ1v) is 21.9. The maximum atomic E-state index is 14.7. The fourth-order valence-electron chi connectivity index (χ4n) is 7.73. The van der Waals surface area contributed by atoms with Crippen molar-refractivity contribution in [2.75, 3.05) is 57.9 Å². The molecule has 0 saturated carbocycles. The van der Waals surface area contributed by atoms with Gasteiger partial charge < -0.3 is 24.2 Å². The summed E-state index contributed by atoms with van der Waals surface area (Å²) in [6.07, 6.45) is 0.558. The standard InChI is InChI=1S/C37H49F3N8O3Si/c1-6-33(49)47-16-15-46(22-27(47)11-13-41)35-28-8-7-26(19-31(28)43-36(44-35)51-23-25-12-14-45(2)21-25)34-29-20-42-48(24-50-17-18-52(3,4)5)32(29)10-9-30(34)37(38,39)40/h6,9-10,20,25-27H,1,7-8,11-12,14-19,21-24H2,2-5H3/t25-,26?,27?/m1/s1. The minimum atomic E-state index is -4.56. The Morgan fingerprint density at radius 3 is 2.65 bits per heavy atom. The molecule has 4 heterocycles. The van der Waals surface area contributed by atoms with Gasteiger partial charge in [-0.25, -0.2) is 4.68 Å². The second-order valence-electron chi connectivity index (χ2n) is 15.6. The molecule has 2 aromatic heterocycles. The Balaban J connectivity index is 1.34. The van der Waals surface area contributed by atoms with Gasteiger partial charge in [0.25, 0.3) is 0 Å². The van der Waals surface area contributed by atoms with Crippen molar-refractivity contribution in [3.63, 3.8) is 0 Å². The van der Waals surface area contributed by atoms with Gasteiger partial charge >= 0.3 is 12.2 Å². The number of rotatable bonds is 12. The summed E-state index contributed by atoms with van der Waals surface area (Å²) in [5.41, 5.74) is 1.70. The van der Waals surface area contributed by atoms with Gasteiger partial charge in [-0.2, -0.15) is 33.5 Å². The number of hydrogen-bond acceptors (Lipinski definition) is 9. The number of piperazine rings is 1. The number of hydrogen-bond donors (Lipinski definition) is 0. The SMILES string of the molecule is C=CC(=O)N1CCN(c2nc(OC[C@@H]3CCN(C)C3)nc3c2CCC(c2c(C(F)(F)F)ccc4c2cnn4COCC[Si](C)(C)C)C3)CC1CC#N. The molecule has 2 aliphatic heterocycles. The number of halogens is 3. The van der Waals surface area contributed by atoms with E-state index in [1.807, 2.05) is 0 Å². The second-order valence-corrected chi connectivity index (χ2v) is 21.2. The summed E-state index contributed by atoms with van der Waals surface area (Å²) in [5.74, 6) is 0.269. The highest BCUT2D eigenvalue weighted by Gasteiger charge is 2.39. The number of nitrogens with zero attached hydrogens (tertiary/aromatic N) is 8. The fourth-order valence-corrected chi connectivity index (χ4v) is 8.49. The average Bonchev–Trinajstić information content (AvgIpc) is 3.72. The van der Waals surface area contributed by atoms with Gasteiger partial charge in [-0.1, -0.05) is 26.2 Å². The highest BCUT2D eigenvalue weighted by molar-refractivity contribution is 6.76. The van der Waals surface area contributed by atoms with Crippen LogP contribution in [-0.2, 0) is 35.3 Å². The third-order valence-electron chi connectivity index (χ3n) is 10.5. The van der Waals surface area contributed by atoms with Crippen LogP contribution in [0.15, 0.2) is 31.0 Å². The van der Waals surface area contributed by atoms with Gasteiger partial charge in [0, 0.05) is 57.7 Å². The molecule has 3 aliphatic rings. The van der Waals surface area contributed by atoms with Crippen molar-refractivity contribution in [1.82, 2.24) is 29.5 Å². The summed E-state index contributed by atoms with van der Waals surface area (Å²) in [6.45, 7) is 14.7. The zero-order valence-electron chi connectivity index (χ0n) is 30.6. The Kier molecular flexibility index (Phi) is 11.3. The highest BCUT2D eigenvalue weighted by atomic mass is 28.3. The van der Waals surface area contributed by atoms with Crippen LogP contribution < -0.4 is 9.64 Å². The number of likely N-dealkylation sites (tertiary alicyclic amines) is 1. The first-order valence-electron chi connectivity index (χ1n) is 18.1. The van der Waals surface area contributed by atoms with Gasteiger partial charge in [-0.3, -0.25) is 4.79 Å². The van der Waals surface area contributed by atoms with Crippen LogP contribution in [0.2, 0.25) is 25.7 Å². The van der Waals surface area contributed by atoms with Gasteiger partial charge in [0.05, 0.1) is 48.1 Å². The van der Waals surface area contributed by atoms with Crippen molar-refractivity contribution < 1.29 is 27.4 Å². The molecule has 11 nitrogen and oxygen atoms in total. The van der Waals surface area contributed by atoms with E-state index in [0.29, 0.717) is 74.0 Å². The van der Waals surface area contributed by atoms with E-state index in [1.165, 1.54) is 24.4 Å². The molecule has 2 saturated heterocycles. The maximum absolute atomic E-state index is 14.7. The molecule has 280 valence electrons. The van der Waals surface area contributed by atoms with Crippen LogP contribution in [-0.4, -0.2) is 103 Å². The van der Waals surface area contributed by atoms with E-state index in [9.17, 15) is 23.2 Å². The molecule has 3 aromatic rings. The van der Waals surface area contributed by atoms with Crippen LogP contribution in [0.4, 0.5) is 19.0 Å². The first kappa shape index (κ1) is 37.7. The Bertz CT molecular complexity index is 1820. The highest BCUT2D eigenvalue weighted by Crippen LogP contribution is 2.45. The summed E-state index contributed by atoms with van der Waals surface area (Å²) < 4.78 is 57.9. The number of amides is 1. The Morgan fingerprint density at radius 2 is 1.96 bits per heavy atom. The van der Waals surface area contributed by atoms with Crippen molar-refractivity contribution in [3.8, 4) is 12.1 Å². The lowest BCUT2D eigenvalue weighted by Gasteiger charge is -2.42. The largest absolute Gasteiger partial charge is 0.463 e. The number of ether oxygens (including phenoxy) is 2. The van der Waals surface area contributed by atoms with Crippen LogP contribution in [0.3, 0.4) is 0 Å². The molecule has 52 heavy (non-hydrogen) atoms. The normalized spacial score (nSPS) is 21.3. The van der Waals surface area contributed by atoms with Gasteiger partial charge in [-0.15, -0.1) is 0 Å². The monoisotopic (exact) mass is 738 g/mol. The molecule has 2 unspecified atom stereocenters. The average molecular weight is 739 g/mol. The molecule has 0 spiro atoms. The third kappa shape index (κ3) is 8.45. The molecule has 0 bridgehead atoms. The van der Waals surface area contributed by atoms with E-state index >= 15 is 0 Å². The summed E-state index contributed by atoms with van der Waals surface area (Å²) in [6, 6.07) is 5.68. The summed E-state index contributed by atoms with van der Waals surface area (Å²) in [4.78, 5) is 28.4. The number of carbonyl (C=O) groups excluding carboxylic acids is 1. The van der Waals surface area contributed by atoms with Crippen LogP contribution in [0.1, 0.15) is 47.6 Å². The molecule has 3 atom stereocenters. The summed E-state index contributed by atoms with van der Waals surface area (Å²) in [5, 5.41) is 14.5. The maximum Gasteiger partial charge on any atom is 0.416 e. The lowest BCUT2D eigenvalue weighted by molar-refractivity contribution is -0.138. The number of alkyl halides is 3. The molecule has 1 aliphatic carbocycles. The Hall–Kier alpha value is -4.00. The smallest absolute Gasteiger partial charge is 0.416 e. The molecule has 2 fully saturated rings. The van der Waals surface area contributed by atoms with Crippen molar-refractivity contribution in [2.24, 2.45) is 5.92 Å². The lowest BCUT2D eigenvalue weighted by atomic mass is 9.79. The predicted molar refractivity (Wildman–Crippen MR) is 195 cm³/mol. The summed E-state index contributed by atoms with van der Waals surface area (Å²) >= 11 is 0. The fraction of sp³-hybridized carbons (Fsp3) is 0.595. The van der Waals surface area contributed by atoms with Crippen LogP contribution in [0.5, 0.6) is 6.01 Å². The molecule has 0 N–H and O–H groups in total. The Labute approximate surface area is 304 Å². The number of anilines is 1. The minimum absolute atomic E-state index is 0.144. The molecule has 1 aromatic carbocycles. The molecule has 6 rings (SSSR count). The van der Waals surface area contributed by atoms with E-state index in [1.54, 1.807) is 9.58 Å². The zero-order chi connectivity index (χ0) is 37.2. The molecule has 1 amide bonds. The molecular weight excluding hydrogens is 690 g/mol. The van der Waals surface area contributed by atoms with Crippen LogP contribution in [0, 0.1) is 17.2 Å². The van der Waals surface area contributed by atoms with Crippen molar-refractivity contribution in [3.05, 3.63) is 53.4 Å². The number of fused-ring (bicyclic) bond motifs is 2. The molecule has 15 heteroatoms.